The van der Waals surface area contributed by atoms with Crippen LogP contribution in [-0.4, -0.2) is 64.6 Å². The molecule has 0 bridgehead atoms. The topological polar surface area (TPSA) is 159 Å². The van der Waals surface area contributed by atoms with Crippen molar-refractivity contribution in [2.24, 2.45) is 0 Å². The Morgan fingerprint density at radius 2 is 2.16 bits per heavy atom. The van der Waals surface area contributed by atoms with Gasteiger partial charge in [0, 0.05) is 50.5 Å². The van der Waals surface area contributed by atoms with Crippen LogP contribution in [0.25, 0.3) is 0 Å². The molecule has 196 valence electrons. The molecule has 1 aromatic heterocycles. The first-order chi connectivity index (χ1) is 17.8. The Bertz CT molecular complexity index is 1230. The quantitative estimate of drug-likeness (QED) is 0.251. The van der Waals surface area contributed by atoms with Crippen molar-refractivity contribution in [2.75, 3.05) is 31.4 Å². The Morgan fingerprint density at radius 1 is 1.38 bits per heavy atom. The van der Waals surface area contributed by atoms with Crippen LogP contribution in [0.5, 0.6) is 0 Å². The smallest absolute Gasteiger partial charge is 0.272 e. The molecular formula is C25H31FN8O3. The van der Waals surface area contributed by atoms with Gasteiger partial charge in [0.1, 0.15) is 23.2 Å². The predicted molar refractivity (Wildman–Crippen MR) is 139 cm³/mol. The average Bonchev–Trinajstić information content (AvgIpc) is 2.89. The van der Waals surface area contributed by atoms with Crippen molar-refractivity contribution >= 4 is 29.6 Å². The lowest BCUT2D eigenvalue weighted by Gasteiger charge is -2.37. The molecule has 1 saturated heterocycles. The molecule has 2 aromatic rings. The minimum atomic E-state index is -0.522. The van der Waals surface area contributed by atoms with Gasteiger partial charge in [-0.2, -0.15) is 4.98 Å². The lowest BCUT2D eigenvalue weighted by molar-refractivity contribution is -0.129. The molecule has 0 aliphatic carbocycles. The number of aliphatic hydroxyl groups is 1. The third kappa shape index (κ3) is 6.74. The number of carbonyl (C=O) groups excluding carboxylic acids is 1. The normalized spacial score (nSPS) is 17.2. The van der Waals surface area contributed by atoms with E-state index in [2.05, 4.69) is 25.9 Å². The first kappa shape index (κ1) is 27.4. The van der Waals surface area contributed by atoms with Crippen molar-refractivity contribution in [3.63, 3.8) is 0 Å². The maximum Gasteiger partial charge on any atom is 0.272 e. The van der Waals surface area contributed by atoms with E-state index in [1.54, 1.807) is 19.4 Å². The van der Waals surface area contributed by atoms with Gasteiger partial charge in [-0.3, -0.25) is 10.2 Å². The molecule has 2 heterocycles. The number of halogens is 1. The maximum atomic E-state index is 13.9. The monoisotopic (exact) mass is 510 g/mol. The third-order valence-electron chi connectivity index (χ3n) is 5.85. The van der Waals surface area contributed by atoms with E-state index in [9.17, 15) is 14.3 Å². The van der Waals surface area contributed by atoms with Crippen LogP contribution in [0.2, 0.25) is 0 Å². The number of methoxy groups -OCH3 is 1. The number of nitrogens with zero attached hydrogens (tertiary/aromatic N) is 3. The van der Waals surface area contributed by atoms with E-state index in [1.165, 1.54) is 36.3 Å². The zero-order valence-corrected chi connectivity index (χ0v) is 20.9. The second kappa shape index (κ2) is 12.7. The Morgan fingerprint density at radius 3 is 2.84 bits per heavy atom. The molecule has 1 aromatic carbocycles. The van der Waals surface area contributed by atoms with Crippen molar-refractivity contribution in [2.45, 2.75) is 32.5 Å². The first-order valence-corrected chi connectivity index (χ1v) is 11.5. The number of aliphatic hydroxyl groups excluding tert-OH is 1. The van der Waals surface area contributed by atoms with Gasteiger partial charge in [0.15, 0.2) is 0 Å². The summed E-state index contributed by atoms with van der Waals surface area (Å²) in [6.45, 7) is 1.79. The number of aromatic nitrogens is 2. The van der Waals surface area contributed by atoms with E-state index in [4.69, 9.17) is 15.6 Å². The Balaban J connectivity index is 1.83. The number of ether oxygens (including phenoxy) is 1. The van der Waals surface area contributed by atoms with Crippen LogP contribution < -0.4 is 16.0 Å². The standard InChI is InChI=1S/C25H31FN8O3/c1-15-10-31-25(32-21(29-2)6-7-27)33-23(15)30-11-17-9-20(14-37-3)34(24(36)22(17)28)12-18-8-19(26)5-4-16(18)13-35/h4-8,10-11,20,27-29,35H,9,12-14H2,1-3H3,(H2,30,31,32,33)/b17-11-,21-6+,27-7?,28-22?/t20-/m1/s1. The highest BCUT2D eigenvalue weighted by molar-refractivity contribution is 6.44. The highest BCUT2D eigenvalue weighted by Gasteiger charge is 2.35. The number of rotatable bonds is 11. The lowest BCUT2D eigenvalue weighted by atomic mass is 9.94. The van der Waals surface area contributed by atoms with Crippen molar-refractivity contribution in [3.8, 4) is 0 Å². The van der Waals surface area contributed by atoms with Crippen LogP contribution in [0.3, 0.4) is 0 Å². The third-order valence-corrected chi connectivity index (χ3v) is 5.85. The molecule has 1 amide bonds. The van der Waals surface area contributed by atoms with E-state index < -0.39 is 17.8 Å². The van der Waals surface area contributed by atoms with E-state index in [0.717, 1.165) is 11.8 Å². The van der Waals surface area contributed by atoms with Crippen molar-refractivity contribution in [3.05, 3.63) is 70.6 Å². The average molecular weight is 511 g/mol. The lowest BCUT2D eigenvalue weighted by Crippen LogP contribution is -2.50. The van der Waals surface area contributed by atoms with Crippen molar-refractivity contribution in [1.82, 2.24) is 20.2 Å². The van der Waals surface area contributed by atoms with Gasteiger partial charge >= 0.3 is 0 Å². The second-order valence-corrected chi connectivity index (χ2v) is 8.35. The summed E-state index contributed by atoms with van der Waals surface area (Å²) in [5.74, 6) is 0.319. The number of carbonyl (C=O) groups is 1. The summed E-state index contributed by atoms with van der Waals surface area (Å²) in [6, 6.07) is 3.63. The number of hydrogen-bond donors (Lipinski definition) is 6. The number of piperidine rings is 1. The predicted octanol–water partition coefficient (Wildman–Crippen LogP) is 2.30. The molecule has 0 radical (unpaired) electrons. The molecule has 0 spiro atoms. The molecule has 0 unspecified atom stereocenters. The maximum absolute atomic E-state index is 13.9. The number of allylic oxidation sites excluding steroid dienone is 1. The highest BCUT2D eigenvalue weighted by Crippen LogP contribution is 2.26. The van der Waals surface area contributed by atoms with E-state index in [-0.39, 0.29) is 25.5 Å². The molecule has 12 heteroatoms. The van der Waals surface area contributed by atoms with Gasteiger partial charge in [-0.25, -0.2) is 9.37 Å². The molecular weight excluding hydrogens is 479 g/mol. The largest absolute Gasteiger partial charge is 0.392 e. The van der Waals surface area contributed by atoms with Crippen LogP contribution >= 0.6 is 0 Å². The zero-order valence-electron chi connectivity index (χ0n) is 20.9. The molecule has 1 aliphatic heterocycles. The van der Waals surface area contributed by atoms with Gasteiger partial charge in [-0.05, 0) is 42.7 Å². The fourth-order valence-corrected chi connectivity index (χ4v) is 3.86. The fourth-order valence-electron chi connectivity index (χ4n) is 3.86. The SMILES string of the molecule is CN/C(=C\C=N)Nc1ncc(C)c(N/C=C2/C[C@H](COC)N(Cc3cc(F)ccc3CO)C(=O)C2=N)n1. The van der Waals surface area contributed by atoms with Gasteiger partial charge in [0.2, 0.25) is 5.95 Å². The Labute approximate surface area is 214 Å². The minimum absolute atomic E-state index is 0.0424. The Kier molecular flexibility index (Phi) is 9.41. The Hall–Kier alpha value is -4.16. The van der Waals surface area contributed by atoms with E-state index in [0.29, 0.717) is 40.7 Å². The number of nitrogens with one attached hydrogen (secondary N) is 5. The second-order valence-electron chi connectivity index (χ2n) is 8.35. The molecule has 1 aliphatic rings. The fraction of sp³-hybridized carbons (Fsp3) is 0.320. The summed E-state index contributed by atoms with van der Waals surface area (Å²) in [5.41, 5.74) is 2.01. The number of hydrogen-bond acceptors (Lipinski definition) is 10. The van der Waals surface area contributed by atoms with Crippen LogP contribution in [0.4, 0.5) is 16.2 Å². The molecule has 37 heavy (non-hydrogen) atoms. The molecule has 1 fully saturated rings. The number of aryl methyl sites for hydroxylation is 1. The van der Waals surface area contributed by atoms with Crippen LogP contribution in [0.1, 0.15) is 23.1 Å². The summed E-state index contributed by atoms with van der Waals surface area (Å²) in [6.07, 6.45) is 6.17. The van der Waals surface area contributed by atoms with Crippen LogP contribution in [0.15, 0.2) is 48.1 Å². The van der Waals surface area contributed by atoms with Gasteiger partial charge in [0.05, 0.1) is 19.3 Å². The van der Waals surface area contributed by atoms with Crippen molar-refractivity contribution in [1.29, 1.82) is 10.8 Å². The summed E-state index contributed by atoms with van der Waals surface area (Å²) in [5, 5.41) is 34.3. The van der Waals surface area contributed by atoms with Crippen molar-refractivity contribution < 1.29 is 19.0 Å². The number of anilines is 2. The summed E-state index contributed by atoms with van der Waals surface area (Å²) in [4.78, 5) is 23.4. The molecule has 6 N–H and O–H groups in total. The molecule has 1 atom stereocenters. The summed E-state index contributed by atoms with van der Waals surface area (Å²) >= 11 is 0. The van der Waals surface area contributed by atoms with Crippen LogP contribution in [-0.2, 0) is 22.7 Å². The summed E-state index contributed by atoms with van der Waals surface area (Å²) in [7, 11) is 3.22. The first-order valence-electron chi connectivity index (χ1n) is 11.5. The molecule has 11 nitrogen and oxygen atoms in total. The molecule has 0 saturated carbocycles. The minimum Gasteiger partial charge on any atom is -0.392 e. The van der Waals surface area contributed by atoms with Gasteiger partial charge in [-0.1, -0.05) is 6.07 Å². The highest BCUT2D eigenvalue weighted by atomic mass is 19.1. The number of benzene rings is 1. The summed E-state index contributed by atoms with van der Waals surface area (Å²) < 4.78 is 19.2. The van der Waals surface area contributed by atoms with Gasteiger partial charge in [-0.15, -0.1) is 0 Å². The van der Waals surface area contributed by atoms with Gasteiger partial charge in [0.25, 0.3) is 5.91 Å². The van der Waals surface area contributed by atoms with E-state index in [1.807, 2.05) is 6.92 Å². The number of likely N-dealkylation sites (tertiary alicyclic amines) is 1. The molecule has 3 rings (SSSR count). The zero-order chi connectivity index (χ0) is 26.9. The van der Waals surface area contributed by atoms with Crippen LogP contribution in [0, 0.1) is 23.6 Å². The van der Waals surface area contributed by atoms with Gasteiger partial charge < -0.3 is 36.1 Å². The van der Waals surface area contributed by atoms with E-state index >= 15 is 0 Å². The number of amides is 1.